The summed E-state index contributed by atoms with van der Waals surface area (Å²) >= 11 is 0. The molecule has 1 aliphatic heterocycles. The molecule has 2 rings (SSSR count). The number of likely N-dealkylation sites (tertiary alicyclic amines) is 1. The van der Waals surface area contributed by atoms with E-state index < -0.39 is 11.9 Å². The van der Waals surface area contributed by atoms with E-state index in [1.807, 2.05) is 6.92 Å². The molecule has 5 nitrogen and oxygen atoms in total. The van der Waals surface area contributed by atoms with E-state index in [-0.39, 0.29) is 30.5 Å². The van der Waals surface area contributed by atoms with Gasteiger partial charge in [0.05, 0.1) is 12.3 Å². The Morgan fingerprint density at radius 2 is 2.00 bits per heavy atom. The van der Waals surface area contributed by atoms with E-state index in [1.165, 1.54) is 6.07 Å². The van der Waals surface area contributed by atoms with Crippen molar-refractivity contribution in [2.24, 2.45) is 11.8 Å². The second-order valence-electron chi connectivity index (χ2n) is 5.03. The van der Waals surface area contributed by atoms with Gasteiger partial charge in [0.1, 0.15) is 5.75 Å². The Hall–Kier alpha value is -2.04. The highest BCUT2D eigenvalue weighted by atomic mass is 16.4. The topological polar surface area (TPSA) is 77.8 Å². The molecule has 0 bridgehead atoms. The number of hydrogen-bond acceptors (Lipinski definition) is 3. The van der Waals surface area contributed by atoms with Crippen LogP contribution < -0.4 is 0 Å². The van der Waals surface area contributed by atoms with Crippen LogP contribution in [0, 0.1) is 11.8 Å². The highest BCUT2D eigenvalue weighted by Crippen LogP contribution is 2.25. The van der Waals surface area contributed by atoms with Crippen LogP contribution in [-0.4, -0.2) is 40.1 Å². The lowest BCUT2D eigenvalue weighted by molar-refractivity contribution is -0.142. The Morgan fingerprint density at radius 1 is 1.32 bits per heavy atom. The lowest BCUT2D eigenvalue weighted by Crippen LogP contribution is -2.31. The zero-order chi connectivity index (χ0) is 14.0. The Morgan fingerprint density at radius 3 is 2.58 bits per heavy atom. The number of aliphatic carboxylic acids is 1. The first-order valence-corrected chi connectivity index (χ1v) is 6.26. The highest BCUT2D eigenvalue weighted by molar-refractivity contribution is 5.81. The van der Waals surface area contributed by atoms with E-state index in [1.54, 1.807) is 23.1 Å². The molecular weight excluding hydrogens is 246 g/mol. The van der Waals surface area contributed by atoms with Crippen molar-refractivity contribution >= 4 is 11.9 Å². The van der Waals surface area contributed by atoms with Crippen LogP contribution in [0.3, 0.4) is 0 Å². The molecule has 1 heterocycles. The van der Waals surface area contributed by atoms with Crippen molar-refractivity contribution in [3.8, 4) is 5.75 Å². The molecule has 1 aliphatic rings. The SMILES string of the molecule is CC1CN(C(=O)Cc2ccccc2O)CC1C(=O)O. The van der Waals surface area contributed by atoms with Crippen molar-refractivity contribution in [1.82, 2.24) is 4.90 Å². The first-order valence-electron chi connectivity index (χ1n) is 6.26. The maximum absolute atomic E-state index is 12.1. The molecular formula is C14H17NO4. The first kappa shape index (κ1) is 13.4. The van der Waals surface area contributed by atoms with Crippen LogP contribution >= 0.6 is 0 Å². The van der Waals surface area contributed by atoms with Crippen molar-refractivity contribution < 1.29 is 19.8 Å². The van der Waals surface area contributed by atoms with Gasteiger partial charge < -0.3 is 15.1 Å². The van der Waals surface area contributed by atoms with E-state index in [9.17, 15) is 14.7 Å². The number of rotatable bonds is 3. The second-order valence-corrected chi connectivity index (χ2v) is 5.03. The Bertz CT molecular complexity index is 500. The number of carboxylic acid groups (broad SMARTS) is 1. The van der Waals surface area contributed by atoms with Crippen molar-refractivity contribution in [1.29, 1.82) is 0 Å². The summed E-state index contributed by atoms with van der Waals surface area (Å²) < 4.78 is 0. The number of hydrogen-bond donors (Lipinski definition) is 2. The largest absolute Gasteiger partial charge is 0.508 e. The van der Waals surface area contributed by atoms with Crippen molar-refractivity contribution in [3.05, 3.63) is 29.8 Å². The summed E-state index contributed by atoms with van der Waals surface area (Å²) in [6, 6.07) is 6.69. The van der Waals surface area contributed by atoms with Gasteiger partial charge in [-0.2, -0.15) is 0 Å². The summed E-state index contributed by atoms with van der Waals surface area (Å²) in [5, 5.41) is 18.7. The summed E-state index contributed by atoms with van der Waals surface area (Å²) in [6.07, 6.45) is 0.103. The molecule has 1 fully saturated rings. The zero-order valence-electron chi connectivity index (χ0n) is 10.7. The van der Waals surface area contributed by atoms with Crippen LogP contribution in [0.25, 0.3) is 0 Å². The molecule has 0 aliphatic carbocycles. The highest BCUT2D eigenvalue weighted by Gasteiger charge is 2.36. The number of amides is 1. The maximum Gasteiger partial charge on any atom is 0.308 e. The van der Waals surface area contributed by atoms with Gasteiger partial charge in [0.15, 0.2) is 0 Å². The smallest absolute Gasteiger partial charge is 0.308 e. The summed E-state index contributed by atoms with van der Waals surface area (Å²) in [4.78, 5) is 24.7. The molecule has 1 aromatic rings. The quantitative estimate of drug-likeness (QED) is 0.856. The van der Waals surface area contributed by atoms with Crippen LogP contribution in [0.1, 0.15) is 12.5 Å². The van der Waals surface area contributed by atoms with Gasteiger partial charge in [0.2, 0.25) is 5.91 Å². The molecule has 1 aromatic carbocycles. The number of aromatic hydroxyl groups is 1. The van der Waals surface area contributed by atoms with Crippen LogP contribution in [0.5, 0.6) is 5.75 Å². The average Bonchev–Trinajstić information content (AvgIpc) is 2.74. The van der Waals surface area contributed by atoms with Crippen molar-refractivity contribution in [3.63, 3.8) is 0 Å². The van der Waals surface area contributed by atoms with Gasteiger partial charge in [-0.05, 0) is 12.0 Å². The van der Waals surface area contributed by atoms with Gasteiger partial charge in [0.25, 0.3) is 0 Å². The fraction of sp³-hybridized carbons (Fsp3) is 0.429. The summed E-state index contributed by atoms with van der Waals surface area (Å²) in [5.41, 5.74) is 0.568. The van der Waals surface area contributed by atoms with Gasteiger partial charge in [-0.15, -0.1) is 0 Å². The predicted octanol–water partition coefficient (Wildman–Crippen LogP) is 1.11. The molecule has 0 spiro atoms. The van der Waals surface area contributed by atoms with Gasteiger partial charge >= 0.3 is 5.97 Å². The van der Waals surface area contributed by atoms with Crippen molar-refractivity contribution in [2.75, 3.05) is 13.1 Å². The maximum atomic E-state index is 12.1. The molecule has 0 saturated carbocycles. The monoisotopic (exact) mass is 263 g/mol. The summed E-state index contributed by atoms with van der Waals surface area (Å²) in [6.45, 7) is 2.55. The van der Waals surface area contributed by atoms with Gasteiger partial charge in [-0.3, -0.25) is 9.59 Å². The minimum absolute atomic E-state index is 0.0363. The zero-order valence-corrected chi connectivity index (χ0v) is 10.7. The van der Waals surface area contributed by atoms with Crippen LogP contribution in [0.15, 0.2) is 24.3 Å². The second kappa shape index (κ2) is 5.30. The molecule has 1 amide bonds. The Kier molecular flexibility index (Phi) is 3.74. The van der Waals surface area contributed by atoms with E-state index in [2.05, 4.69) is 0 Å². The van der Waals surface area contributed by atoms with E-state index in [0.717, 1.165) is 0 Å². The Balaban J connectivity index is 2.02. The lowest BCUT2D eigenvalue weighted by atomic mass is 9.99. The van der Waals surface area contributed by atoms with Crippen LogP contribution in [-0.2, 0) is 16.0 Å². The fourth-order valence-electron chi connectivity index (χ4n) is 2.43. The van der Waals surface area contributed by atoms with E-state index in [0.29, 0.717) is 12.1 Å². The van der Waals surface area contributed by atoms with Crippen LogP contribution in [0.4, 0.5) is 0 Å². The molecule has 1 saturated heterocycles. The number of nitrogens with zero attached hydrogens (tertiary/aromatic N) is 1. The molecule has 102 valence electrons. The third-order valence-corrected chi connectivity index (χ3v) is 3.62. The summed E-state index contributed by atoms with van der Waals surface area (Å²) in [7, 11) is 0. The average molecular weight is 263 g/mol. The van der Waals surface area contributed by atoms with Crippen LogP contribution in [0.2, 0.25) is 0 Å². The number of benzene rings is 1. The third kappa shape index (κ3) is 2.86. The molecule has 0 radical (unpaired) electrons. The lowest BCUT2D eigenvalue weighted by Gasteiger charge is -2.16. The van der Waals surface area contributed by atoms with Gasteiger partial charge in [-0.25, -0.2) is 0 Å². The predicted molar refractivity (Wildman–Crippen MR) is 68.7 cm³/mol. The molecule has 2 unspecified atom stereocenters. The number of phenols is 1. The Labute approximate surface area is 111 Å². The molecule has 5 heteroatoms. The van der Waals surface area contributed by atoms with E-state index >= 15 is 0 Å². The standard InChI is InChI=1S/C14H17NO4/c1-9-7-15(8-11(9)14(18)19)13(17)6-10-4-2-3-5-12(10)16/h2-5,9,11,16H,6-8H2,1H3,(H,18,19). The number of phenolic OH excluding ortho intramolecular Hbond substituents is 1. The van der Waals surface area contributed by atoms with Crippen molar-refractivity contribution in [2.45, 2.75) is 13.3 Å². The number of para-hydroxylation sites is 1. The minimum Gasteiger partial charge on any atom is -0.508 e. The number of carbonyl (C=O) groups is 2. The third-order valence-electron chi connectivity index (χ3n) is 3.62. The molecule has 0 aromatic heterocycles. The number of carbonyl (C=O) groups excluding carboxylic acids is 1. The molecule has 2 atom stereocenters. The minimum atomic E-state index is -0.856. The fourth-order valence-corrected chi connectivity index (χ4v) is 2.43. The number of carboxylic acids is 1. The van der Waals surface area contributed by atoms with Gasteiger partial charge in [0, 0.05) is 18.7 Å². The van der Waals surface area contributed by atoms with Gasteiger partial charge in [-0.1, -0.05) is 25.1 Å². The van der Waals surface area contributed by atoms with E-state index in [4.69, 9.17) is 5.11 Å². The summed E-state index contributed by atoms with van der Waals surface area (Å²) in [5.74, 6) is -1.43. The first-order chi connectivity index (χ1) is 8.99. The molecule has 2 N–H and O–H groups in total. The normalized spacial score (nSPS) is 22.5. The molecule has 19 heavy (non-hydrogen) atoms.